The maximum Gasteiger partial charge on any atom is 0.246 e. The van der Waals surface area contributed by atoms with Crippen molar-refractivity contribution in [3.8, 4) is 0 Å². The van der Waals surface area contributed by atoms with Crippen molar-refractivity contribution < 1.29 is 4.52 Å². The van der Waals surface area contributed by atoms with Gasteiger partial charge in [-0.15, -0.1) is 0 Å². The first-order valence-electron chi connectivity index (χ1n) is 7.47. The van der Waals surface area contributed by atoms with Gasteiger partial charge in [0.2, 0.25) is 5.89 Å². The van der Waals surface area contributed by atoms with Gasteiger partial charge in [0.25, 0.3) is 0 Å². The predicted octanol–water partition coefficient (Wildman–Crippen LogP) is 2.47. The Bertz CT molecular complexity index is 572. The van der Waals surface area contributed by atoms with Gasteiger partial charge in [-0.1, -0.05) is 12.1 Å². The van der Waals surface area contributed by atoms with Crippen LogP contribution >= 0.6 is 0 Å². The number of aryl methyl sites for hydroxylation is 2. The molecule has 20 heavy (non-hydrogen) atoms. The van der Waals surface area contributed by atoms with Crippen LogP contribution in [0.1, 0.15) is 55.1 Å². The van der Waals surface area contributed by atoms with Crippen LogP contribution in [0.15, 0.2) is 16.9 Å². The highest BCUT2D eigenvalue weighted by Crippen LogP contribution is 2.30. The van der Waals surface area contributed by atoms with Crippen molar-refractivity contribution in [2.24, 2.45) is 0 Å². The Morgan fingerprint density at radius 1 is 1.45 bits per heavy atom. The van der Waals surface area contributed by atoms with E-state index in [9.17, 15) is 0 Å². The van der Waals surface area contributed by atoms with Crippen molar-refractivity contribution in [3.05, 3.63) is 35.2 Å². The number of hydrogen-bond acceptors (Lipinski definition) is 4. The summed E-state index contributed by atoms with van der Waals surface area (Å²) in [6, 6.07) is 0.485. The Hall–Kier alpha value is -1.62. The molecule has 2 aromatic rings. The fourth-order valence-corrected chi connectivity index (χ4v) is 2.98. The highest BCUT2D eigenvalue weighted by Gasteiger charge is 2.21. The SMILES string of the molecule is CCCc1noc(Cn2cc3c(c2)C(NC)CCC3)n1. The molecule has 0 saturated carbocycles. The molecule has 0 amide bonds. The van der Waals surface area contributed by atoms with E-state index in [0.29, 0.717) is 18.5 Å². The molecule has 0 spiro atoms. The van der Waals surface area contributed by atoms with Crippen molar-refractivity contribution in [2.75, 3.05) is 7.05 Å². The molecule has 0 radical (unpaired) electrons. The van der Waals surface area contributed by atoms with E-state index >= 15 is 0 Å². The van der Waals surface area contributed by atoms with E-state index in [-0.39, 0.29) is 0 Å². The van der Waals surface area contributed by atoms with Crippen LogP contribution in [0.2, 0.25) is 0 Å². The zero-order valence-corrected chi connectivity index (χ0v) is 12.2. The Morgan fingerprint density at radius 2 is 2.35 bits per heavy atom. The van der Waals surface area contributed by atoms with Crippen LogP contribution in [0.5, 0.6) is 0 Å². The van der Waals surface area contributed by atoms with E-state index in [4.69, 9.17) is 4.52 Å². The van der Waals surface area contributed by atoms with Gasteiger partial charge in [-0.05, 0) is 43.9 Å². The molecule has 2 heterocycles. The first-order valence-corrected chi connectivity index (χ1v) is 7.47. The quantitative estimate of drug-likeness (QED) is 0.910. The van der Waals surface area contributed by atoms with Crippen LogP contribution in [0.25, 0.3) is 0 Å². The molecule has 0 saturated heterocycles. The van der Waals surface area contributed by atoms with Gasteiger partial charge in [0.15, 0.2) is 5.82 Å². The van der Waals surface area contributed by atoms with Gasteiger partial charge < -0.3 is 14.4 Å². The van der Waals surface area contributed by atoms with E-state index < -0.39 is 0 Å². The van der Waals surface area contributed by atoms with E-state index in [1.807, 2.05) is 7.05 Å². The minimum absolute atomic E-state index is 0.485. The second kappa shape index (κ2) is 5.79. The van der Waals surface area contributed by atoms with Gasteiger partial charge in [-0.3, -0.25) is 0 Å². The Kier molecular flexibility index (Phi) is 3.87. The highest BCUT2D eigenvalue weighted by atomic mass is 16.5. The molecule has 5 nitrogen and oxygen atoms in total. The molecule has 1 aliphatic rings. The first-order chi connectivity index (χ1) is 9.80. The fraction of sp³-hybridized carbons (Fsp3) is 0.600. The summed E-state index contributed by atoms with van der Waals surface area (Å²) in [6.07, 6.45) is 10.0. The van der Waals surface area contributed by atoms with E-state index in [0.717, 1.165) is 18.7 Å². The Morgan fingerprint density at radius 3 is 3.15 bits per heavy atom. The maximum atomic E-state index is 5.31. The number of rotatable bonds is 5. The molecule has 1 atom stereocenters. The molecule has 1 N–H and O–H groups in total. The summed E-state index contributed by atoms with van der Waals surface area (Å²) >= 11 is 0. The molecule has 3 rings (SSSR count). The number of hydrogen-bond donors (Lipinski definition) is 1. The van der Waals surface area contributed by atoms with Crippen LogP contribution < -0.4 is 5.32 Å². The van der Waals surface area contributed by atoms with Crippen LogP contribution in [-0.4, -0.2) is 21.8 Å². The second-order valence-corrected chi connectivity index (χ2v) is 5.50. The third-order valence-electron chi connectivity index (χ3n) is 3.96. The summed E-state index contributed by atoms with van der Waals surface area (Å²) in [5, 5.41) is 7.40. The zero-order valence-electron chi connectivity index (χ0n) is 12.2. The molecule has 5 heteroatoms. The molecule has 2 aromatic heterocycles. The van der Waals surface area contributed by atoms with Crippen LogP contribution in [-0.2, 0) is 19.4 Å². The van der Waals surface area contributed by atoms with Gasteiger partial charge in [0.1, 0.15) is 6.54 Å². The van der Waals surface area contributed by atoms with Gasteiger partial charge in [0.05, 0.1) is 0 Å². The largest absolute Gasteiger partial charge is 0.344 e. The maximum absolute atomic E-state index is 5.31. The van der Waals surface area contributed by atoms with Crippen molar-refractivity contribution in [1.82, 2.24) is 20.0 Å². The first kappa shape index (κ1) is 13.4. The number of fused-ring (bicyclic) bond motifs is 1. The van der Waals surface area contributed by atoms with Crippen molar-refractivity contribution in [3.63, 3.8) is 0 Å². The standard InChI is InChI=1S/C15H22N4O/c1-3-5-14-17-15(20-18-14)10-19-8-11-6-4-7-13(16-2)12(11)9-19/h8-9,13,16H,3-7,10H2,1-2H3. The summed E-state index contributed by atoms with van der Waals surface area (Å²) in [7, 11) is 2.03. The molecule has 1 unspecified atom stereocenters. The summed E-state index contributed by atoms with van der Waals surface area (Å²) in [5.74, 6) is 1.51. The molecule has 0 aromatic carbocycles. The lowest BCUT2D eigenvalue weighted by molar-refractivity contribution is 0.366. The third kappa shape index (κ3) is 2.63. The van der Waals surface area contributed by atoms with Crippen molar-refractivity contribution >= 4 is 0 Å². The van der Waals surface area contributed by atoms with Gasteiger partial charge in [0, 0.05) is 24.9 Å². The molecule has 0 fully saturated rings. The van der Waals surface area contributed by atoms with E-state index in [1.165, 1.54) is 30.4 Å². The number of nitrogens with one attached hydrogen (secondary N) is 1. The molecular formula is C15H22N4O. The summed E-state index contributed by atoms with van der Waals surface area (Å²) < 4.78 is 7.48. The fourth-order valence-electron chi connectivity index (χ4n) is 2.98. The molecular weight excluding hydrogens is 252 g/mol. The predicted molar refractivity (Wildman–Crippen MR) is 76.6 cm³/mol. The zero-order chi connectivity index (χ0) is 13.9. The molecule has 0 aliphatic heterocycles. The lowest BCUT2D eigenvalue weighted by Gasteiger charge is -2.21. The van der Waals surface area contributed by atoms with Crippen molar-refractivity contribution in [1.29, 1.82) is 0 Å². The summed E-state index contributed by atoms with van der Waals surface area (Å²) in [6.45, 7) is 2.79. The minimum Gasteiger partial charge on any atom is -0.344 e. The average molecular weight is 274 g/mol. The topological polar surface area (TPSA) is 55.9 Å². The minimum atomic E-state index is 0.485. The van der Waals surface area contributed by atoms with Gasteiger partial charge in [-0.2, -0.15) is 4.98 Å². The molecule has 1 aliphatic carbocycles. The average Bonchev–Trinajstić information content (AvgIpc) is 3.05. The Balaban J connectivity index is 1.76. The van der Waals surface area contributed by atoms with E-state index in [1.54, 1.807) is 0 Å². The van der Waals surface area contributed by atoms with Gasteiger partial charge in [-0.25, -0.2) is 0 Å². The van der Waals surface area contributed by atoms with E-state index in [2.05, 4.69) is 39.3 Å². The third-order valence-corrected chi connectivity index (χ3v) is 3.96. The number of aromatic nitrogens is 3. The Labute approximate surface area is 119 Å². The van der Waals surface area contributed by atoms with Crippen LogP contribution in [0.4, 0.5) is 0 Å². The lowest BCUT2D eigenvalue weighted by atomic mass is 9.91. The summed E-state index contributed by atoms with van der Waals surface area (Å²) in [5.41, 5.74) is 2.87. The highest BCUT2D eigenvalue weighted by molar-refractivity contribution is 5.30. The molecule has 0 bridgehead atoms. The van der Waals surface area contributed by atoms with Crippen molar-refractivity contribution in [2.45, 2.75) is 51.6 Å². The normalized spacial score (nSPS) is 18.2. The lowest BCUT2D eigenvalue weighted by Crippen LogP contribution is -2.20. The van der Waals surface area contributed by atoms with Crippen LogP contribution in [0, 0.1) is 0 Å². The number of nitrogens with zero attached hydrogens (tertiary/aromatic N) is 3. The second-order valence-electron chi connectivity index (χ2n) is 5.50. The van der Waals surface area contributed by atoms with Gasteiger partial charge >= 0.3 is 0 Å². The summed E-state index contributed by atoms with van der Waals surface area (Å²) in [4.78, 5) is 4.43. The monoisotopic (exact) mass is 274 g/mol. The smallest absolute Gasteiger partial charge is 0.246 e. The van der Waals surface area contributed by atoms with Crippen LogP contribution in [0.3, 0.4) is 0 Å². The molecule has 108 valence electrons.